The molecule has 1 amide bonds. The van der Waals surface area contributed by atoms with E-state index in [2.05, 4.69) is 10.1 Å². The molecule has 1 aliphatic rings. The third-order valence-electron chi connectivity index (χ3n) is 4.75. The number of aliphatic hydroxyl groups excluding tert-OH is 1. The van der Waals surface area contributed by atoms with Crippen LogP contribution in [0.1, 0.15) is 29.9 Å². The molecule has 1 aliphatic heterocycles. The SMILES string of the molecule is CCOc1ccc(C(O)=C2C(=O)C(=O)N(c3cc(C)on3)[C@@H]2c2cccnc2)cc1. The molecule has 0 bridgehead atoms. The summed E-state index contributed by atoms with van der Waals surface area (Å²) in [4.78, 5) is 31.2. The van der Waals surface area contributed by atoms with Crippen LogP contribution in [0.5, 0.6) is 5.75 Å². The van der Waals surface area contributed by atoms with Crippen molar-refractivity contribution in [2.75, 3.05) is 11.5 Å². The van der Waals surface area contributed by atoms with Crippen molar-refractivity contribution >= 4 is 23.3 Å². The first-order valence-electron chi connectivity index (χ1n) is 9.38. The van der Waals surface area contributed by atoms with E-state index in [0.29, 0.717) is 29.2 Å². The van der Waals surface area contributed by atoms with Gasteiger partial charge in [0, 0.05) is 24.0 Å². The molecule has 1 saturated heterocycles. The number of benzene rings is 1. The first-order chi connectivity index (χ1) is 14.5. The molecule has 3 heterocycles. The fourth-order valence-corrected chi connectivity index (χ4v) is 3.42. The van der Waals surface area contributed by atoms with E-state index < -0.39 is 17.7 Å². The Bertz CT molecular complexity index is 1120. The number of aromatic nitrogens is 2. The molecule has 1 atom stereocenters. The summed E-state index contributed by atoms with van der Waals surface area (Å²) in [5.41, 5.74) is 0.907. The summed E-state index contributed by atoms with van der Waals surface area (Å²) in [7, 11) is 0. The Morgan fingerprint density at radius 2 is 2.00 bits per heavy atom. The molecule has 152 valence electrons. The van der Waals surface area contributed by atoms with Crippen molar-refractivity contribution < 1.29 is 24.0 Å². The fourth-order valence-electron chi connectivity index (χ4n) is 3.42. The Kier molecular flexibility index (Phi) is 5.05. The van der Waals surface area contributed by atoms with Crippen LogP contribution < -0.4 is 9.64 Å². The summed E-state index contributed by atoms with van der Waals surface area (Å²) in [5, 5.41) is 14.9. The van der Waals surface area contributed by atoms with E-state index in [9.17, 15) is 14.7 Å². The number of pyridine rings is 1. The maximum absolute atomic E-state index is 13.0. The maximum Gasteiger partial charge on any atom is 0.301 e. The molecule has 30 heavy (non-hydrogen) atoms. The van der Waals surface area contributed by atoms with Crippen LogP contribution in [0.25, 0.3) is 5.76 Å². The smallest absolute Gasteiger partial charge is 0.301 e. The van der Waals surface area contributed by atoms with Gasteiger partial charge in [-0.05, 0) is 49.7 Å². The standard InChI is InChI=1S/C22H19N3O5/c1-3-29-16-8-6-14(7-9-16)20(26)18-19(15-5-4-10-23-12-15)25(22(28)21(18)27)17-11-13(2)30-24-17/h4-12,19,26H,3H2,1-2H3/t19-/m1/s1. The zero-order valence-electron chi connectivity index (χ0n) is 16.4. The quantitative estimate of drug-likeness (QED) is 0.394. The van der Waals surface area contributed by atoms with Gasteiger partial charge in [0.25, 0.3) is 5.78 Å². The molecule has 0 aliphatic carbocycles. The topological polar surface area (TPSA) is 106 Å². The number of hydrogen-bond acceptors (Lipinski definition) is 7. The van der Waals surface area contributed by atoms with E-state index in [0.717, 1.165) is 0 Å². The zero-order chi connectivity index (χ0) is 21.3. The highest BCUT2D eigenvalue weighted by Crippen LogP contribution is 2.41. The third kappa shape index (κ3) is 3.32. The van der Waals surface area contributed by atoms with Crippen LogP contribution in [0.3, 0.4) is 0 Å². The Morgan fingerprint density at radius 1 is 1.23 bits per heavy atom. The Morgan fingerprint density at radius 3 is 2.60 bits per heavy atom. The van der Waals surface area contributed by atoms with Crippen molar-refractivity contribution in [2.24, 2.45) is 0 Å². The second-order valence-electron chi connectivity index (χ2n) is 6.71. The van der Waals surface area contributed by atoms with Crippen LogP contribution >= 0.6 is 0 Å². The number of carbonyl (C=O) groups is 2. The van der Waals surface area contributed by atoms with Gasteiger partial charge in [0.2, 0.25) is 0 Å². The second kappa shape index (κ2) is 7.82. The van der Waals surface area contributed by atoms with Gasteiger partial charge >= 0.3 is 5.91 Å². The van der Waals surface area contributed by atoms with E-state index in [4.69, 9.17) is 9.26 Å². The first-order valence-corrected chi connectivity index (χ1v) is 9.38. The lowest BCUT2D eigenvalue weighted by Gasteiger charge is -2.22. The molecule has 8 nitrogen and oxygen atoms in total. The molecule has 1 N–H and O–H groups in total. The number of carbonyl (C=O) groups excluding carboxylic acids is 2. The van der Waals surface area contributed by atoms with E-state index >= 15 is 0 Å². The highest BCUT2D eigenvalue weighted by Gasteiger charge is 2.48. The van der Waals surface area contributed by atoms with E-state index in [1.807, 2.05) is 6.92 Å². The number of aryl methyl sites for hydroxylation is 1. The van der Waals surface area contributed by atoms with E-state index in [-0.39, 0.29) is 17.2 Å². The van der Waals surface area contributed by atoms with Crippen LogP contribution in [-0.4, -0.2) is 33.5 Å². The number of ether oxygens (including phenoxy) is 1. The summed E-state index contributed by atoms with van der Waals surface area (Å²) in [6.45, 7) is 4.07. The molecule has 3 aromatic rings. The van der Waals surface area contributed by atoms with Gasteiger partial charge in [0.15, 0.2) is 5.82 Å². The average molecular weight is 405 g/mol. The highest BCUT2D eigenvalue weighted by molar-refractivity contribution is 6.51. The molecule has 2 aromatic heterocycles. The van der Waals surface area contributed by atoms with Gasteiger partial charge in [0.05, 0.1) is 18.2 Å². The number of nitrogens with zero attached hydrogens (tertiary/aromatic N) is 3. The van der Waals surface area contributed by atoms with E-state index in [1.165, 1.54) is 4.90 Å². The predicted molar refractivity (Wildman–Crippen MR) is 108 cm³/mol. The van der Waals surface area contributed by atoms with Gasteiger partial charge in [-0.2, -0.15) is 0 Å². The van der Waals surface area contributed by atoms with Crippen molar-refractivity contribution in [1.82, 2.24) is 10.1 Å². The lowest BCUT2D eigenvalue weighted by Crippen LogP contribution is -2.29. The van der Waals surface area contributed by atoms with E-state index in [1.54, 1.807) is 61.8 Å². The van der Waals surface area contributed by atoms with Gasteiger partial charge in [-0.1, -0.05) is 11.2 Å². The number of ketones is 1. The molecule has 0 radical (unpaired) electrons. The van der Waals surface area contributed by atoms with Crippen molar-refractivity contribution in [3.63, 3.8) is 0 Å². The normalized spacial score (nSPS) is 18.1. The van der Waals surface area contributed by atoms with Crippen molar-refractivity contribution in [3.8, 4) is 5.75 Å². The number of hydrogen-bond donors (Lipinski definition) is 1. The molecule has 8 heteroatoms. The summed E-state index contributed by atoms with van der Waals surface area (Å²) in [6, 6.07) is 10.7. The number of rotatable bonds is 5. The minimum Gasteiger partial charge on any atom is -0.507 e. The minimum absolute atomic E-state index is 0.0437. The predicted octanol–water partition coefficient (Wildman–Crippen LogP) is 3.40. The number of aliphatic hydroxyl groups is 1. The van der Waals surface area contributed by atoms with Crippen LogP contribution in [0, 0.1) is 6.92 Å². The van der Waals surface area contributed by atoms with Gasteiger partial charge in [-0.15, -0.1) is 0 Å². The molecule has 1 aromatic carbocycles. The molecule has 4 rings (SSSR count). The fraction of sp³-hybridized carbons (Fsp3) is 0.182. The maximum atomic E-state index is 13.0. The summed E-state index contributed by atoms with van der Waals surface area (Å²) >= 11 is 0. The van der Waals surface area contributed by atoms with Crippen LogP contribution in [0.15, 0.2) is 65.0 Å². The largest absolute Gasteiger partial charge is 0.507 e. The van der Waals surface area contributed by atoms with Gasteiger partial charge in [-0.3, -0.25) is 19.5 Å². The molecule has 0 unspecified atom stereocenters. The van der Waals surface area contributed by atoms with Crippen LogP contribution in [-0.2, 0) is 9.59 Å². The Balaban J connectivity index is 1.87. The second-order valence-corrected chi connectivity index (χ2v) is 6.71. The average Bonchev–Trinajstić information content (AvgIpc) is 3.30. The monoisotopic (exact) mass is 405 g/mol. The van der Waals surface area contributed by atoms with Crippen molar-refractivity contribution in [2.45, 2.75) is 19.9 Å². The van der Waals surface area contributed by atoms with Gasteiger partial charge in [0.1, 0.15) is 17.3 Å². The van der Waals surface area contributed by atoms with Crippen molar-refractivity contribution in [1.29, 1.82) is 0 Å². The summed E-state index contributed by atoms with van der Waals surface area (Å²) in [5.74, 6) is -0.581. The molecular weight excluding hydrogens is 386 g/mol. The first kappa shape index (κ1) is 19.4. The number of anilines is 1. The Labute approximate surface area is 172 Å². The van der Waals surface area contributed by atoms with Gasteiger partial charge in [-0.25, -0.2) is 0 Å². The summed E-state index contributed by atoms with van der Waals surface area (Å²) in [6.07, 6.45) is 3.13. The molecule has 1 fully saturated rings. The van der Waals surface area contributed by atoms with Gasteiger partial charge < -0.3 is 14.4 Å². The van der Waals surface area contributed by atoms with Crippen LogP contribution in [0.4, 0.5) is 5.82 Å². The number of Topliss-reactive ketones (excluding diaryl/α,β-unsaturated/α-hetero) is 1. The minimum atomic E-state index is -0.894. The number of amides is 1. The highest BCUT2D eigenvalue weighted by atomic mass is 16.5. The third-order valence-corrected chi connectivity index (χ3v) is 4.75. The molecule has 0 saturated carbocycles. The summed E-state index contributed by atoms with van der Waals surface area (Å²) < 4.78 is 10.5. The zero-order valence-corrected chi connectivity index (χ0v) is 16.4. The molecular formula is C22H19N3O5. The lowest BCUT2D eigenvalue weighted by atomic mass is 9.96. The van der Waals surface area contributed by atoms with Crippen LogP contribution in [0.2, 0.25) is 0 Å². The van der Waals surface area contributed by atoms with Crippen molar-refractivity contribution in [3.05, 3.63) is 77.3 Å². The lowest BCUT2D eigenvalue weighted by molar-refractivity contribution is -0.132. The Hall–Kier alpha value is -3.94. The molecule has 0 spiro atoms.